The number of carbonyl (C=O) groups excluding carboxylic acids is 1. The summed E-state index contributed by atoms with van der Waals surface area (Å²) in [6, 6.07) is -0.317. The van der Waals surface area contributed by atoms with Crippen molar-refractivity contribution in [2.24, 2.45) is 5.92 Å². The fourth-order valence-corrected chi connectivity index (χ4v) is 1.34. The van der Waals surface area contributed by atoms with E-state index in [-0.39, 0.29) is 25.7 Å². The predicted molar refractivity (Wildman–Crippen MR) is 49.2 cm³/mol. The van der Waals surface area contributed by atoms with Gasteiger partial charge in [-0.3, -0.25) is 4.79 Å². The topological polar surface area (TPSA) is 109 Å². The number of nitrogens with zero attached hydrogens (tertiary/aromatic N) is 3. The summed E-state index contributed by atoms with van der Waals surface area (Å²) in [5.74, 6) is -0.943. The first-order chi connectivity index (χ1) is 7.66. The summed E-state index contributed by atoms with van der Waals surface area (Å²) in [5, 5.41) is 14.7. The average Bonchev–Trinajstić information content (AvgIpc) is 2.63. The van der Waals surface area contributed by atoms with Crippen LogP contribution in [0.5, 0.6) is 0 Å². The molecule has 0 aliphatic carbocycles. The summed E-state index contributed by atoms with van der Waals surface area (Å²) >= 11 is 0. The third-order valence-corrected chi connectivity index (χ3v) is 2.32. The van der Waals surface area contributed by atoms with Gasteiger partial charge in [-0.25, -0.2) is 4.79 Å². The van der Waals surface area contributed by atoms with E-state index in [0.29, 0.717) is 5.82 Å². The number of aliphatic carboxylic acids is 1. The van der Waals surface area contributed by atoms with Gasteiger partial charge in [-0.2, -0.15) is 4.98 Å². The Morgan fingerprint density at radius 1 is 1.62 bits per heavy atom. The molecule has 0 unspecified atom stereocenters. The van der Waals surface area contributed by atoms with Crippen molar-refractivity contribution >= 4 is 12.0 Å². The molecule has 1 fully saturated rings. The minimum Gasteiger partial charge on any atom is -0.481 e. The second kappa shape index (κ2) is 4.17. The molecule has 2 N–H and O–H groups in total. The normalized spacial score (nSPS) is 15.6. The molecule has 8 nitrogen and oxygen atoms in total. The van der Waals surface area contributed by atoms with Crippen LogP contribution in [-0.2, 0) is 11.3 Å². The van der Waals surface area contributed by atoms with E-state index < -0.39 is 11.9 Å². The molecule has 86 valence electrons. The molecule has 2 rings (SSSR count). The second-order valence-corrected chi connectivity index (χ2v) is 3.45. The van der Waals surface area contributed by atoms with Crippen LogP contribution in [0.15, 0.2) is 10.9 Å². The summed E-state index contributed by atoms with van der Waals surface area (Å²) < 4.78 is 4.49. The number of carboxylic acids is 1. The number of amides is 2. The van der Waals surface area contributed by atoms with Gasteiger partial charge in [0, 0.05) is 13.1 Å². The van der Waals surface area contributed by atoms with Crippen LogP contribution >= 0.6 is 0 Å². The van der Waals surface area contributed by atoms with Gasteiger partial charge in [0.15, 0.2) is 5.82 Å². The van der Waals surface area contributed by atoms with Crippen molar-refractivity contribution in [3.8, 4) is 0 Å². The SMILES string of the molecule is O=C(O)C1CN(C(=O)NCc2ncon2)C1. The number of rotatable bonds is 3. The lowest BCUT2D eigenvalue weighted by Crippen LogP contribution is -2.56. The standard InChI is InChI=1S/C8H10N4O4/c13-7(14)5-2-12(3-5)8(15)9-1-6-10-4-16-11-6/h4-5H,1-3H2,(H,9,15)(H,13,14). The Labute approximate surface area is 90.2 Å². The van der Waals surface area contributed by atoms with Crippen molar-refractivity contribution in [1.82, 2.24) is 20.4 Å². The fourth-order valence-electron chi connectivity index (χ4n) is 1.34. The van der Waals surface area contributed by atoms with Gasteiger partial charge in [0.25, 0.3) is 0 Å². The Bertz CT molecular complexity index is 385. The Kier molecular flexibility index (Phi) is 2.71. The Morgan fingerprint density at radius 3 is 2.94 bits per heavy atom. The van der Waals surface area contributed by atoms with Crippen LogP contribution in [-0.4, -0.2) is 45.2 Å². The van der Waals surface area contributed by atoms with Gasteiger partial charge in [0.1, 0.15) is 0 Å². The molecule has 1 aliphatic rings. The quantitative estimate of drug-likeness (QED) is 0.705. The molecule has 2 amide bonds. The van der Waals surface area contributed by atoms with Crippen LogP contribution in [0.3, 0.4) is 0 Å². The monoisotopic (exact) mass is 226 g/mol. The molecule has 0 radical (unpaired) electrons. The zero-order valence-corrected chi connectivity index (χ0v) is 8.29. The van der Waals surface area contributed by atoms with Crippen molar-refractivity contribution in [3.63, 3.8) is 0 Å². The number of carboxylic acid groups (broad SMARTS) is 1. The summed E-state index contributed by atoms with van der Waals surface area (Å²) in [6.07, 6.45) is 1.17. The first-order valence-electron chi connectivity index (χ1n) is 4.67. The molecule has 16 heavy (non-hydrogen) atoms. The maximum absolute atomic E-state index is 11.4. The summed E-state index contributed by atoms with van der Waals surface area (Å²) in [6.45, 7) is 0.657. The van der Waals surface area contributed by atoms with Crippen molar-refractivity contribution in [1.29, 1.82) is 0 Å². The van der Waals surface area contributed by atoms with Gasteiger partial charge in [-0.1, -0.05) is 5.16 Å². The van der Waals surface area contributed by atoms with E-state index in [9.17, 15) is 9.59 Å². The molecular weight excluding hydrogens is 216 g/mol. The Hall–Kier alpha value is -2.12. The lowest BCUT2D eigenvalue weighted by Gasteiger charge is -2.36. The molecule has 0 spiro atoms. The fraction of sp³-hybridized carbons (Fsp3) is 0.500. The Morgan fingerprint density at radius 2 is 2.38 bits per heavy atom. The third kappa shape index (κ3) is 2.10. The number of carbonyl (C=O) groups is 2. The van der Waals surface area contributed by atoms with E-state index in [1.54, 1.807) is 0 Å². The van der Waals surface area contributed by atoms with E-state index in [1.807, 2.05) is 0 Å². The van der Waals surface area contributed by atoms with Gasteiger partial charge in [-0.05, 0) is 0 Å². The van der Waals surface area contributed by atoms with Gasteiger partial charge < -0.3 is 19.8 Å². The lowest BCUT2D eigenvalue weighted by molar-refractivity contribution is -0.146. The largest absolute Gasteiger partial charge is 0.481 e. The van der Waals surface area contributed by atoms with Gasteiger partial charge >= 0.3 is 12.0 Å². The highest BCUT2D eigenvalue weighted by Gasteiger charge is 2.35. The van der Waals surface area contributed by atoms with E-state index in [2.05, 4.69) is 20.0 Å². The lowest BCUT2D eigenvalue weighted by atomic mass is 10.0. The van der Waals surface area contributed by atoms with Crippen LogP contribution < -0.4 is 5.32 Å². The smallest absolute Gasteiger partial charge is 0.317 e. The first kappa shape index (κ1) is 10.4. The van der Waals surface area contributed by atoms with Gasteiger partial charge in [0.05, 0.1) is 12.5 Å². The van der Waals surface area contributed by atoms with Gasteiger partial charge in [0.2, 0.25) is 6.39 Å². The van der Waals surface area contributed by atoms with Crippen molar-refractivity contribution in [2.75, 3.05) is 13.1 Å². The van der Waals surface area contributed by atoms with Crippen LogP contribution in [0.2, 0.25) is 0 Å². The molecule has 1 aliphatic heterocycles. The molecule has 1 aromatic heterocycles. The predicted octanol–water partition coefficient (Wildman–Crippen LogP) is -0.704. The Balaban J connectivity index is 1.72. The highest BCUT2D eigenvalue weighted by atomic mass is 16.5. The molecule has 2 heterocycles. The number of hydrogen-bond acceptors (Lipinski definition) is 5. The number of aromatic nitrogens is 2. The van der Waals surface area contributed by atoms with E-state index in [4.69, 9.17) is 5.11 Å². The van der Waals surface area contributed by atoms with Crippen LogP contribution in [0.25, 0.3) is 0 Å². The zero-order valence-electron chi connectivity index (χ0n) is 8.29. The van der Waals surface area contributed by atoms with E-state index in [1.165, 1.54) is 11.3 Å². The maximum atomic E-state index is 11.4. The summed E-state index contributed by atoms with van der Waals surface area (Å²) in [4.78, 5) is 27.1. The maximum Gasteiger partial charge on any atom is 0.317 e. The second-order valence-electron chi connectivity index (χ2n) is 3.45. The highest BCUT2D eigenvalue weighted by Crippen LogP contribution is 2.15. The molecule has 0 aromatic carbocycles. The van der Waals surface area contributed by atoms with Crippen molar-refractivity contribution < 1.29 is 19.2 Å². The van der Waals surface area contributed by atoms with Crippen molar-refractivity contribution in [2.45, 2.75) is 6.54 Å². The van der Waals surface area contributed by atoms with Crippen LogP contribution in [0.4, 0.5) is 4.79 Å². The number of hydrogen-bond donors (Lipinski definition) is 2. The number of likely N-dealkylation sites (tertiary alicyclic amines) is 1. The summed E-state index contributed by atoms with van der Waals surface area (Å²) in [7, 11) is 0. The molecule has 1 saturated heterocycles. The van der Waals surface area contributed by atoms with Crippen molar-refractivity contribution in [3.05, 3.63) is 12.2 Å². The van der Waals surface area contributed by atoms with Crippen LogP contribution in [0.1, 0.15) is 5.82 Å². The molecule has 8 heteroatoms. The number of urea groups is 1. The third-order valence-electron chi connectivity index (χ3n) is 2.32. The summed E-state index contributed by atoms with van der Waals surface area (Å²) in [5.41, 5.74) is 0. The molecular formula is C8H10N4O4. The number of nitrogens with one attached hydrogen (secondary N) is 1. The molecule has 0 atom stereocenters. The minimum absolute atomic E-state index is 0.170. The highest BCUT2D eigenvalue weighted by molar-refractivity contribution is 5.79. The van der Waals surface area contributed by atoms with Gasteiger partial charge in [-0.15, -0.1) is 0 Å². The van der Waals surface area contributed by atoms with E-state index >= 15 is 0 Å². The zero-order chi connectivity index (χ0) is 11.5. The minimum atomic E-state index is -0.873. The van der Waals surface area contributed by atoms with Crippen LogP contribution in [0, 0.1) is 5.92 Å². The molecule has 0 bridgehead atoms. The molecule has 1 aromatic rings. The first-order valence-corrected chi connectivity index (χ1v) is 4.67. The molecule has 0 saturated carbocycles. The van der Waals surface area contributed by atoms with E-state index in [0.717, 1.165) is 0 Å². The average molecular weight is 226 g/mol.